The van der Waals surface area contributed by atoms with Gasteiger partial charge in [0.05, 0.1) is 6.54 Å². The van der Waals surface area contributed by atoms with Gasteiger partial charge in [-0.25, -0.2) is 4.39 Å². The van der Waals surface area contributed by atoms with Gasteiger partial charge >= 0.3 is 0 Å². The van der Waals surface area contributed by atoms with Gasteiger partial charge in [-0.05, 0) is 6.07 Å². The van der Waals surface area contributed by atoms with Crippen molar-refractivity contribution in [3.8, 4) is 0 Å². The van der Waals surface area contributed by atoms with Gasteiger partial charge in [-0.15, -0.1) is 0 Å². The molecule has 0 spiro atoms. The highest BCUT2D eigenvalue weighted by atomic mass is 19.1. The molecule has 0 saturated heterocycles. The second-order valence-corrected chi connectivity index (χ2v) is 2.06. The highest BCUT2D eigenvalue weighted by Gasteiger charge is 2.02. The first kappa shape index (κ1) is 7.21. The molecule has 0 saturated carbocycles. The molecule has 1 heterocycles. The molecule has 10 heavy (non-hydrogen) atoms. The first-order valence-corrected chi connectivity index (χ1v) is 3.14. The molecule has 4 heteroatoms. The molecular weight excluding hydrogens is 133 g/mol. The summed E-state index contributed by atoms with van der Waals surface area (Å²) in [7, 11) is 0. The molecule has 0 amide bonds. The number of alkyl halides is 1. The molecule has 1 aromatic heterocycles. The summed E-state index contributed by atoms with van der Waals surface area (Å²) in [6.45, 7) is 0.309. The lowest BCUT2D eigenvalue weighted by molar-refractivity contribution is 0.293. The normalized spacial score (nSPS) is 13.4. The number of rotatable bonds is 3. The van der Waals surface area contributed by atoms with E-state index < -0.39 is 6.17 Å². The Morgan fingerprint density at radius 2 is 2.50 bits per heavy atom. The topological polar surface area (TPSA) is 43.8 Å². The van der Waals surface area contributed by atoms with Crippen LogP contribution in [0.2, 0.25) is 0 Å². The molecule has 0 aromatic carbocycles. The second kappa shape index (κ2) is 3.31. The Morgan fingerprint density at radius 1 is 1.70 bits per heavy atom. The van der Waals surface area contributed by atoms with Crippen LogP contribution in [0.15, 0.2) is 18.5 Å². The maximum Gasteiger partial charge on any atom is 0.132 e. The zero-order chi connectivity index (χ0) is 7.40. The molecule has 0 aliphatic rings. The first-order valence-electron chi connectivity index (χ1n) is 3.14. The van der Waals surface area contributed by atoms with Crippen LogP contribution < -0.4 is 5.73 Å². The SMILES string of the molecule is NCC(F)Cn1cccn1. The third-order valence-electron chi connectivity index (χ3n) is 1.20. The number of hydrogen-bond donors (Lipinski definition) is 1. The lowest BCUT2D eigenvalue weighted by Crippen LogP contribution is -2.21. The van der Waals surface area contributed by atoms with Crippen molar-refractivity contribution in [3.05, 3.63) is 18.5 Å². The highest BCUT2D eigenvalue weighted by molar-refractivity contribution is 4.78. The number of aromatic nitrogens is 2. The van der Waals surface area contributed by atoms with E-state index in [2.05, 4.69) is 5.10 Å². The summed E-state index contributed by atoms with van der Waals surface area (Å²) in [5.41, 5.74) is 5.07. The summed E-state index contributed by atoms with van der Waals surface area (Å²) in [6, 6.07) is 1.75. The smallest absolute Gasteiger partial charge is 0.132 e. The van der Waals surface area contributed by atoms with Gasteiger partial charge in [0, 0.05) is 18.9 Å². The Balaban J connectivity index is 2.40. The standard InChI is InChI=1S/C6H10FN3/c7-6(4-8)5-10-3-1-2-9-10/h1-3,6H,4-5,8H2. The monoisotopic (exact) mass is 143 g/mol. The molecular formula is C6H10FN3. The highest BCUT2D eigenvalue weighted by Crippen LogP contribution is 1.92. The quantitative estimate of drug-likeness (QED) is 0.656. The zero-order valence-electron chi connectivity index (χ0n) is 5.57. The Bertz CT molecular complexity index is 173. The fourth-order valence-electron chi connectivity index (χ4n) is 0.686. The summed E-state index contributed by atoms with van der Waals surface area (Å²) in [5, 5.41) is 3.83. The molecule has 0 aliphatic heterocycles. The third kappa shape index (κ3) is 1.80. The van der Waals surface area contributed by atoms with E-state index in [1.807, 2.05) is 0 Å². The van der Waals surface area contributed by atoms with E-state index in [-0.39, 0.29) is 13.1 Å². The molecule has 3 nitrogen and oxygen atoms in total. The van der Waals surface area contributed by atoms with Crippen molar-refractivity contribution in [2.24, 2.45) is 5.73 Å². The Kier molecular flexibility index (Phi) is 2.39. The lowest BCUT2D eigenvalue weighted by Gasteiger charge is -2.03. The molecule has 1 unspecified atom stereocenters. The van der Waals surface area contributed by atoms with Crippen LogP contribution in [0.4, 0.5) is 4.39 Å². The van der Waals surface area contributed by atoms with Crippen molar-refractivity contribution >= 4 is 0 Å². The van der Waals surface area contributed by atoms with Crippen molar-refractivity contribution in [1.29, 1.82) is 0 Å². The Hall–Kier alpha value is -0.900. The van der Waals surface area contributed by atoms with E-state index in [1.54, 1.807) is 18.5 Å². The van der Waals surface area contributed by atoms with E-state index in [0.29, 0.717) is 0 Å². The maximum absolute atomic E-state index is 12.5. The van der Waals surface area contributed by atoms with Gasteiger partial charge in [0.15, 0.2) is 0 Å². The average Bonchev–Trinajstić information content (AvgIpc) is 2.40. The molecule has 0 bridgehead atoms. The molecule has 0 fully saturated rings. The minimum absolute atomic E-state index is 0.0554. The van der Waals surface area contributed by atoms with Crippen LogP contribution in [-0.2, 0) is 6.54 Å². The van der Waals surface area contributed by atoms with Crippen LogP contribution in [0.1, 0.15) is 0 Å². The molecule has 2 N–H and O–H groups in total. The average molecular weight is 143 g/mol. The van der Waals surface area contributed by atoms with Gasteiger partial charge in [0.25, 0.3) is 0 Å². The molecule has 0 aliphatic carbocycles. The largest absolute Gasteiger partial charge is 0.328 e. The summed E-state index contributed by atoms with van der Waals surface area (Å²) >= 11 is 0. The fraction of sp³-hybridized carbons (Fsp3) is 0.500. The first-order chi connectivity index (χ1) is 4.83. The van der Waals surface area contributed by atoms with Crippen LogP contribution in [0.25, 0.3) is 0 Å². The van der Waals surface area contributed by atoms with E-state index in [4.69, 9.17) is 5.73 Å². The van der Waals surface area contributed by atoms with Crippen LogP contribution >= 0.6 is 0 Å². The van der Waals surface area contributed by atoms with Gasteiger partial charge in [-0.2, -0.15) is 5.10 Å². The summed E-state index contributed by atoms with van der Waals surface area (Å²) < 4.78 is 14.0. The van der Waals surface area contributed by atoms with Gasteiger partial charge in [0.1, 0.15) is 6.17 Å². The molecule has 0 radical (unpaired) electrons. The van der Waals surface area contributed by atoms with E-state index in [1.165, 1.54) is 4.68 Å². The predicted molar refractivity (Wildman–Crippen MR) is 36.2 cm³/mol. The summed E-state index contributed by atoms with van der Waals surface area (Å²) in [4.78, 5) is 0. The lowest BCUT2D eigenvalue weighted by atomic mass is 10.4. The summed E-state index contributed by atoms with van der Waals surface area (Å²) in [5.74, 6) is 0. The molecule has 1 aromatic rings. The van der Waals surface area contributed by atoms with Gasteiger partial charge in [0.2, 0.25) is 0 Å². The van der Waals surface area contributed by atoms with E-state index >= 15 is 0 Å². The van der Waals surface area contributed by atoms with Crippen molar-refractivity contribution in [3.63, 3.8) is 0 Å². The van der Waals surface area contributed by atoms with Gasteiger partial charge in [-0.1, -0.05) is 0 Å². The predicted octanol–water partition coefficient (Wildman–Crippen LogP) is 0.180. The zero-order valence-corrected chi connectivity index (χ0v) is 5.57. The molecule has 1 atom stereocenters. The van der Waals surface area contributed by atoms with Crippen molar-refractivity contribution in [2.45, 2.75) is 12.7 Å². The second-order valence-electron chi connectivity index (χ2n) is 2.06. The Labute approximate surface area is 58.6 Å². The van der Waals surface area contributed by atoms with Crippen LogP contribution in [0.5, 0.6) is 0 Å². The van der Waals surface area contributed by atoms with E-state index in [0.717, 1.165) is 0 Å². The minimum atomic E-state index is -0.986. The minimum Gasteiger partial charge on any atom is -0.328 e. The van der Waals surface area contributed by atoms with E-state index in [9.17, 15) is 4.39 Å². The van der Waals surface area contributed by atoms with Crippen LogP contribution in [0, 0.1) is 0 Å². The molecule has 56 valence electrons. The van der Waals surface area contributed by atoms with Crippen molar-refractivity contribution in [2.75, 3.05) is 6.54 Å². The number of halogens is 1. The Morgan fingerprint density at radius 3 is 3.00 bits per heavy atom. The molecule has 1 rings (SSSR count). The fourth-order valence-corrected chi connectivity index (χ4v) is 0.686. The number of hydrogen-bond acceptors (Lipinski definition) is 2. The number of nitrogens with two attached hydrogens (primary N) is 1. The number of nitrogens with zero attached hydrogens (tertiary/aromatic N) is 2. The third-order valence-corrected chi connectivity index (χ3v) is 1.20. The van der Waals surface area contributed by atoms with Crippen LogP contribution in [-0.4, -0.2) is 22.5 Å². The maximum atomic E-state index is 12.5. The van der Waals surface area contributed by atoms with Crippen molar-refractivity contribution in [1.82, 2.24) is 9.78 Å². The van der Waals surface area contributed by atoms with Crippen LogP contribution in [0.3, 0.4) is 0 Å². The summed E-state index contributed by atoms with van der Waals surface area (Å²) in [6.07, 6.45) is 2.34. The van der Waals surface area contributed by atoms with Gasteiger partial charge in [-0.3, -0.25) is 4.68 Å². The van der Waals surface area contributed by atoms with Crippen molar-refractivity contribution < 1.29 is 4.39 Å². The van der Waals surface area contributed by atoms with Gasteiger partial charge < -0.3 is 5.73 Å².